The Morgan fingerprint density at radius 1 is 1.09 bits per heavy atom. The fourth-order valence-corrected chi connectivity index (χ4v) is 4.33. The van der Waals surface area contributed by atoms with Crippen molar-refractivity contribution >= 4 is 22.3 Å². The molecule has 0 aliphatic carbocycles. The van der Waals surface area contributed by atoms with Crippen LogP contribution in [0.1, 0.15) is 18.5 Å². The van der Waals surface area contributed by atoms with Crippen LogP contribution >= 0.6 is 0 Å². The molecule has 1 saturated heterocycles. The molecule has 2 N–H and O–H groups in total. The summed E-state index contributed by atoms with van der Waals surface area (Å²) in [6, 6.07) is 11.4. The largest absolute Gasteiger partial charge is 0.495 e. The van der Waals surface area contributed by atoms with E-state index in [0.717, 1.165) is 31.6 Å². The average molecular weight is 489 g/mol. The Kier molecular flexibility index (Phi) is 7.41. The molecule has 0 spiro atoms. The van der Waals surface area contributed by atoms with Crippen molar-refractivity contribution in [2.45, 2.75) is 31.6 Å². The quantitative estimate of drug-likeness (QED) is 0.364. The van der Waals surface area contributed by atoms with Crippen LogP contribution in [-0.4, -0.2) is 55.5 Å². The molecule has 1 fully saturated rings. The summed E-state index contributed by atoms with van der Waals surface area (Å²) in [4.78, 5) is 2.26. The highest BCUT2D eigenvalue weighted by molar-refractivity contribution is 5.94. The number of methoxy groups -OCH3 is 1. The van der Waals surface area contributed by atoms with Gasteiger partial charge in [0.1, 0.15) is 18.1 Å². The van der Waals surface area contributed by atoms with E-state index >= 15 is 0 Å². The van der Waals surface area contributed by atoms with Crippen molar-refractivity contribution in [1.82, 2.24) is 9.47 Å². The number of aromatic nitrogens is 1. The molecule has 0 bridgehead atoms. The SMILES string of the molecule is COc1ccc(F)cc1NCC#Cc1cc2c(NC3CCN(C)CC3)cccc2n1CC(F)(F)F. The summed E-state index contributed by atoms with van der Waals surface area (Å²) in [5, 5.41) is 7.19. The lowest BCUT2D eigenvalue weighted by Crippen LogP contribution is -2.36. The predicted molar refractivity (Wildman–Crippen MR) is 130 cm³/mol. The van der Waals surface area contributed by atoms with Crippen molar-refractivity contribution in [2.75, 3.05) is 44.4 Å². The minimum absolute atomic E-state index is 0.105. The van der Waals surface area contributed by atoms with Crippen molar-refractivity contribution in [3.05, 3.63) is 54.0 Å². The fourth-order valence-electron chi connectivity index (χ4n) is 4.33. The van der Waals surface area contributed by atoms with Gasteiger partial charge >= 0.3 is 6.18 Å². The van der Waals surface area contributed by atoms with Crippen molar-refractivity contribution in [3.63, 3.8) is 0 Å². The third kappa shape index (κ3) is 6.20. The second kappa shape index (κ2) is 10.5. The molecule has 2 aromatic carbocycles. The van der Waals surface area contributed by atoms with Gasteiger partial charge in [-0.2, -0.15) is 13.2 Å². The number of piperidine rings is 1. The third-order valence-electron chi connectivity index (χ3n) is 6.11. The van der Waals surface area contributed by atoms with Crippen LogP contribution in [-0.2, 0) is 6.54 Å². The number of rotatable bonds is 6. The normalized spacial score (nSPS) is 15.0. The highest BCUT2D eigenvalue weighted by Crippen LogP contribution is 2.31. The first-order chi connectivity index (χ1) is 16.7. The summed E-state index contributed by atoms with van der Waals surface area (Å²) in [7, 11) is 3.55. The number of benzene rings is 2. The molecule has 0 atom stereocenters. The second-order valence-electron chi connectivity index (χ2n) is 8.69. The lowest BCUT2D eigenvalue weighted by atomic mass is 10.0. The van der Waals surface area contributed by atoms with E-state index in [0.29, 0.717) is 22.3 Å². The van der Waals surface area contributed by atoms with Gasteiger partial charge in [0.15, 0.2) is 0 Å². The number of alkyl halides is 3. The number of fused-ring (bicyclic) bond motifs is 1. The summed E-state index contributed by atoms with van der Waals surface area (Å²) in [5.41, 5.74) is 1.97. The first-order valence-corrected chi connectivity index (χ1v) is 11.4. The highest BCUT2D eigenvalue weighted by atomic mass is 19.4. The average Bonchev–Trinajstić information content (AvgIpc) is 3.15. The number of halogens is 4. The topological polar surface area (TPSA) is 41.5 Å². The molecule has 0 unspecified atom stereocenters. The zero-order valence-corrected chi connectivity index (χ0v) is 19.7. The van der Waals surface area contributed by atoms with Gasteiger partial charge in [0.25, 0.3) is 0 Å². The van der Waals surface area contributed by atoms with Gasteiger partial charge in [-0.05, 0) is 69.2 Å². The Morgan fingerprint density at radius 3 is 2.57 bits per heavy atom. The predicted octanol–water partition coefficient (Wildman–Crippen LogP) is 5.32. The van der Waals surface area contributed by atoms with Crippen LogP contribution in [0.3, 0.4) is 0 Å². The van der Waals surface area contributed by atoms with Crippen molar-refractivity contribution in [1.29, 1.82) is 0 Å². The van der Waals surface area contributed by atoms with Gasteiger partial charge in [0.05, 0.1) is 30.6 Å². The summed E-state index contributed by atoms with van der Waals surface area (Å²) < 4.78 is 60.2. The van der Waals surface area contributed by atoms with Crippen molar-refractivity contribution < 1.29 is 22.3 Å². The molecule has 0 radical (unpaired) electrons. The van der Waals surface area contributed by atoms with Gasteiger partial charge in [-0.1, -0.05) is 12.0 Å². The van der Waals surface area contributed by atoms with Gasteiger partial charge in [-0.3, -0.25) is 0 Å². The zero-order valence-electron chi connectivity index (χ0n) is 19.7. The summed E-state index contributed by atoms with van der Waals surface area (Å²) in [5.74, 6) is 5.74. The van der Waals surface area contributed by atoms with Crippen LogP contribution in [0.4, 0.5) is 28.9 Å². The maximum absolute atomic E-state index is 13.6. The highest BCUT2D eigenvalue weighted by Gasteiger charge is 2.30. The molecule has 1 aliphatic heterocycles. The molecule has 4 rings (SSSR count). The summed E-state index contributed by atoms with van der Waals surface area (Å²) >= 11 is 0. The van der Waals surface area contributed by atoms with Gasteiger partial charge in [0, 0.05) is 23.2 Å². The van der Waals surface area contributed by atoms with Gasteiger partial charge in [0.2, 0.25) is 0 Å². The van der Waals surface area contributed by atoms with Crippen molar-refractivity contribution in [3.8, 4) is 17.6 Å². The van der Waals surface area contributed by atoms with Crippen LogP contribution in [0.25, 0.3) is 10.9 Å². The Hall–Kier alpha value is -3.38. The van der Waals surface area contributed by atoms with Crippen LogP contribution in [0.5, 0.6) is 5.75 Å². The molecule has 0 amide bonds. The molecule has 1 aromatic heterocycles. The molecular weight excluding hydrogens is 460 g/mol. The molecule has 186 valence electrons. The van der Waals surface area contributed by atoms with Gasteiger partial charge in [-0.15, -0.1) is 0 Å². The second-order valence-corrected chi connectivity index (χ2v) is 8.69. The van der Waals surface area contributed by atoms with E-state index in [-0.39, 0.29) is 18.3 Å². The molecule has 9 heteroatoms. The summed E-state index contributed by atoms with van der Waals surface area (Å²) in [6.07, 6.45) is -2.46. The minimum Gasteiger partial charge on any atom is -0.495 e. The Bertz CT molecular complexity index is 1230. The summed E-state index contributed by atoms with van der Waals surface area (Å²) in [6.45, 7) is 0.919. The van der Waals surface area contributed by atoms with E-state index in [1.165, 1.54) is 29.9 Å². The first-order valence-electron chi connectivity index (χ1n) is 11.4. The number of nitrogens with zero attached hydrogens (tertiary/aromatic N) is 2. The number of nitrogens with one attached hydrogen (secondary N) is 2. The van der Waals surface area contributed by atoms with E-state index in [4.69, 9.17) is 4.74 Å². The number of ether oxygens (including phenoxy) is 1. The van der Waals surface area contributed by atoms with Crippen molar-refractivity contribution in [2.24, 2.45) is 0 Å². The standard InChI is InChI=1S/C26H28F4N4O/c1-33-13-10-19(11-14-33)32-22-6-3-7-24-21(22)16-20(34(24)17-26(28,29)30)5-4-12-31-23-15-18(27)8-9-25(23)35-2/h3,6-9,15-16,19,31-32H,10-14,17H2,1-2H3. The Morgan fingerprint density at radius 2 is 1.86 bits per heavy atom. The Balaban J connectivity index is 1.60. The van der Waals surface area contributed by atoms with Crippen LogP contribution in [0, 0.1) is 17.7 Å². The van der Waals surface area contributed by atoms with E-state index in [1.54, 1.807) is 18.2 Å². The van der Waals surface area contributed by atoms with E-state index in [9.17, 15) is 17.6 Å². The molecular formula is C26H28F4N4O. The maximum Gasteiger partial charge on any atom is 0.406 e. The monoisotopic (exact) mass is 488 g/mol. The minimum atomic E-state index is -4.40. The van der Waals surface area contributed by atoms with E-state index < -0.39 is 18.5 Å². The Labute approximate surface area is 202 Å². The molecule has 5 nitrogen and oxygen atoms in total. The maximum atomic E-state index is 13.6. The van der Waals surface area contributed by atoms with Crippen LogP contribution in [0.2, 0.25) is 0 Å². The van der Waals surface area contributed by atoms with Crippen LogP contribution in [0.15, 0.2) is 42.5 Å². The van der Waals surface area contributed by atoms with E-state index in [1.807, 2.05) is 6.07 Å². The number of hydrogen-bond acceptors (Lipinski definition) is 4. The van der Waals surface area contributed by atoms with Crippen LogP contribution < -0.4 is 15.4 Å². The first kappa shape index (κ1) is 24.7. The van der Waals surface area contributed by atoms with Gasteiger partial charge < -0.3 is 24.8 Å². The zero-order chi connectivity index (χ0) is 25.0. The molecule has 35 heavy (non-hydrogen) atoms. The molecule has 3 aromatic rings. The number of hydrogen-bond donors (Lipinski definition) is 2. The molecule has 1 aliphatic rings. The van der Waals surface area contributed by atoms with Gasteiger partial charge in [-0.25, -0.2) is 4.39 Å². The molecule has 2 heterocycles. The fraction of sp³-hybridized carbons (Fsp3) is 0.385. The number of likely N-dealkylation sites (tertiary alicyclic amines) is 1. The smallest absolute Gasteiger partial charge is 0.406 e. The third-order valence-corrected chi connectivity index (χ3v) is 6.11. The molecule has 0 saturated carbocycles. The van der Waals surface area contributed by atoms with E-state index in [2.05, 4.69) is 34.4 Å². The lowest BCUT2D eigenvalue weighted by molar-refractivity contribution is -0.140. The number of anilines is 2. The lowest BCUT2D eigenvalue weighted by Gasteiger charge is -2.30.